The number of rotatable bonds is 7. The summed E-state index contributed by atoms with van der Waals surface area (Å²) in [6.07, 6.45) is 0.880. The summed E-state index contributed by atoms with van der Waals surface area (Å²) in [6.45, 7) is 1.40. The summed E-state index contributed by atoms with van der Waals surface area (Å²) in [6, 6.07) is 0. The third-order valence-electron chi connectivity index (χ3n) is 1.53. The first kappa shape index (κ1) is 12.0. The highest BCUT2D eigenvalue weighted by molar-refractivity contribution is 6.57. The number of hydrogen-bond acceptors (Lipinski definition) is 5. The summed E-state index contributed by atoms with van der Waals surface area (Å²) in [7, 11) is 2.13. The first-order valence-corrected chi connectivity index (χ1v) is 5.57. The third kappa shape index (κ3) is 3.61. The minimum atomic E-state index is -2.56. The Balaban J connectivity index is 3.76. The molecule has 5 nitrogen and oxygen atoms in total. The summed E-state index contributed by atoms with van der Waals surface area (Å²) >= 11 is 0. The molecule has 0 aromatic carbocycles. The van der Waals surface area contributed by atoms with Gasteiger partial charge in [0.1, 0.15) is 0 Å². The van der Waals surface area contributed by atoms with E-state index >= 15 is 0 Å². The molecule has 0 atom stereocenters. The molecule has 0 aliphatic carbocycles. The zero-order chi connectivity index (χ0) is 9.45. The van der Waals surface area contributed by atoms with Gasteiger partial charge in [-0.3, -0.25) is 4.98 Å². The Morgan fingerprint density at radius 2 is 1.67 bits per heavy atom. The Kier molecular flexibility index (Phi) is 6.53. The van der Waals surface area contributed by atoms with E-state index in [0.29, 0.717) is 6.54 Å². The van der Waals surface area contributed by atoms with Crippen molar-refractivity contribution in [3.63, 3.8) is 0 Å². The van der Waals surface area contributed by atoms with Gasteiger partial charge in [-0.1, -0.05) is 0 Å². The third-order valence-corrected chi connectivity index (χ3v) is 3.82. The second-order valence-electron chi connectivity index (χ2n) is 2.24. The van der Waals surface area contributed by atoms with E-state index in [1.807, 2.05) is 0 Å². The predicted octanol–water partition coefficient (Wildman–Crippen LogP) is -0.700. The largest absolute Gasteiger partial charge is 0.595 e. The van der Waals surface area contributed by atoms with Crippen molar-refractivity contribution in [1.82, 2.24) is 4.98 Å². The fraction of sp³-hybridized carbons (Fsp3) is 1.00. The second kappa shape index (κ2) is 6.52. The molecule has 0 heterocycles. The van der Waals surface area contributed by atoms with Crippen LogP contribution in [0.3, 0.4) is 0 Å². The summed E-state index contributed by atoms with van der Waals surface area (Å²) < 4.78 is 15.4. The molecular weight excluding hydrogens is 176 g/mol. The van der Waals surface area contributed by atoms with E-state index in [-0.39, 0.29) is 0 Å². The van der Waals surface area contributed by atoms with E-state index in [1.165, 1.54) is 0 Å². The molecular formula is C6H18N2O3Si. The van der Waals surface area contributed by atoms with E-state index in [4.69, 9.17) is 19.0 Å². The maximum absolute atomic E-state index is 5.34. The average molecular weight is 194 g/mol. The molecule has 0 aliphatic rings. The fourth-order valence-corrected chi connectivity index (χ4v) is 2.23. The second-order valence-corrected chi connectivity index (χ2v) is 4.93. The standard InChI is InChI=1S/C6H18N2O3Si/c1-9-12(10-2,11-3)8-6-4-5-7/h8H,4-7H2,1-3H3. The van der Waals surface area contributed by atoms with Crippen LogP contribution < -0.4 is 10.7 Å². The van der Waals surface area contributed by atoms with E-state index < -0.39 is 8.97 Å². The van der Waals surface area contributed by atoms with Gasteiger partial charge in [-0.2, -0.15) is 0 Å². The molecule has 12 heavy (non-hydrogen) atoms. The van der Waals surface area contributed by atoms with Crippen molar-refractivity contribution in [3.8, 4) is 0 Å². The van der Waals surface area contributed by atoms with Crippen LogP contribution in [0.5, 0.6) is 0 Å². The lowest BCUT2D eigenvalue weighted by Gasteiger charge is -2.24. The number of nitrogens with one attached hydrogen (secondary N) is 1. The van der Waals surface area contributed by atoms with Crippen LogP contribution in [0.2, 0.25) is 0 Å². The minimum Gasteiger partial charge on any atom is -0.364 e. The highest BCUT2D eigenvalue weighted by Gasteiger charge is 2.38. The normalized spacial score (nSPS) is 12.0. The first-order valence-electron chi connectivity index (χ1n) is 3.85. The van der Waals surface area contributed by atoms with Gasteiger partial charge in [-0.15, -0.1) is 0 Å². The van der Waals surface area contributed by atoms with Gasteiger partial charge in [0, 0.05) is 21.3 Å². The van der Waals surface area contributed by atoms with Crippen LogP contribution >= 0.6 is 0 Å². The maximum atomic E-state index is 5.34. The summed E-state index contributed by atoms with van der Waals surface area (Å²) in [5.41, 5.74) is 5.34. The molecule has 74 valence electrons. The topological polar surface area (TPSA) is 65.7 Å². The molecule has 0 spiro atoms. The smallest absolute Gasteiger partial charge is 0.364 e. The fourth-order valence-electron chi connectivity index (χ4n) is 0.810. The van der Waals surface area contributed by atoms with Crippen molar-refractivity contribution < 1.29 is 13.3 Å². The summed E-state index contributed by atoms with van der Waals surface area (Å²) in [5, 5.41) is 0. The van der Waals surface area contributed by atoms with Crippen molar-refractivity contribution in [2.75, 3.05) is 34.4 Å². The van der Waals surface area contributed by atoms with Crippen molar-refractivity contribution in [3.05, 3.63) is 0 Å². The van der Waals surface area contributed by atoms with Gasteiger partial charge in [0.2, 0.25) is 0 Å². The Morgan fingerprint density at radius 3 is 2.00 bits per heavy atom. The molecule has 0 aromatic heterocycles. The highest BCUT2D eigenvalue weighted by atomic mass is 28.4. The molecule has 0 amide bonds. The SMILES string of the molecule is CO[Si](NCCCN)(OC)OC. The monoisotopic (exact) mass is 194 g/mol. The van der Waals surface area contributed by atoms with Gasteiger partial charge in [0.15, 0.2) is 0 Å². The quantitative estimate of drug-likeness (QED) is 0.414. The van der Waals surface area contributed by atoms with Crippen LogP contribution in [0.15, 0.2) is 0 Å². The van der Waals surface area contributed by atoms with Gasteiger partial charge >= 0.3 is 8.97 Å². The predicted molar refractivity (Wildman–Crippen MR) is 48.5 cm³/mol. The molecule has 0 fully saturated rings. The molecule has 0 bridgehead atoms. The molecule has 0 saturated carbocycles. The molecule has 6 heteroatoms. The highest BCUT2D eigenvalue weighted by Crippen LogP contribution is 2.00. The van der Waals surface area contributed by atoms with E-state index in [1.54, 1.807) is 21.3 Å². The number of nitrogens with two attached hydrogens (primary N) is 1. The van der Waals surface area contributed by atoms with E-state index in [2.05, 4.69) is 4.98 Å². The van der Waals surface area contributed by atoms with Crippen LogP contribution in [-0.4, -0.2) is 43.4 Å². The first-order chi connectivity index (χ1) is 5.74. The summed E-state index contributed by atoms with van der Waals surface area (Å²) in [5.74, 6) is 0. The van der Waals surface area contributed by atoms with Gasteiger partial charge < -0.3 is 19.0 Å². The zero-order valence-electron chi connectivity index (χ0n) is 7.92. The number of hydrogen-bond donors (Lipinski definition) is 2. The van der Waals surface area contributed by atoms with Crippen LogP contribution in [0.1, 0.15) is 6.42 Å². The van der Waals surface area contributed by atoms with Crippen LogP contribution in [-0.2, 0) is 13.3 Å². The molecule has 0 aromatic rings. The van der Waals surface area contributed by atoms with Crippen LogP contribution in [0.25, 0.3) is 0 Å². The lowest BCUT2D eigenvalue weighted by molar-refractivity contribution is 0.110. The van der Waals surface area contributed by atoms with Gasteiger partial charge in [-0.25, -0.2) is 0 Å². The molecule has 0 radical (unpaired) electrons. The molecule has 0 aliphatic heterocycles. The lowest BCUT2D eigenvalue weighted by Crippen LogP contribution is -2.57. The molecule has 3 N–H and O–H groups in total. The minimum absolute atomic E-state index is 0.647. The van der Waals surface area contributed by atoms with Crippen molar-refractivity contribution in [2.24, 2.45) is 5.73 Å². The van der Waals surface area contributed by atoms with E-state index in [9.17, 15) is 0 Å². The van der Waals surface area contributed by atoms with Gasteiger partial charge in [-0.05, 0) is 19.5 Å². The average Bonchev–Trinajstić information content (AvgIpc) is 2.14. The van der Waals surface area contributed by atoms with Crippen molar-refractivity contribution in [2.45, 2.75) is 6.42 Å². The Morgan fingerprint density at radius 1 is 1.17 bits per heavy atom. The Bertz CT molecular complexity index is 103. The van der Waals surface area contributed by atoms with Crippen LogP contribution in [0, 0.1) is 0 Å². The molecule has 0 saturated heterocycles. The van der Waals surface area contributed by atoms with Crippen molar-refractivity contribution in [1.29, 1.82) is 0 Å². The Hall–Kier alpha value is 0.0169. The van der Waals surface area contributed by atoms with Gasteiger partial charge in [0.05, 0.1) is 0 Å². The van der Waals surface area contributed by atoms with Crippen molar-refractivity contribution >= 4 is 8.97 Å². The van der Waals surface area contributed by atoms with Crippen LogP contribution in [0.4, 0.5) is 0 Å². The zero-order valence-corrected chi connectivity index (χ0v) is 8.92. The maximum Gasteiger partial charge on any atom is 0.595 e. The molecule has 0 unspecified atom stereocenters. The summed E-state index contributed by atoms with van der Waals surface area (Å²) in [4.78, 5) is 3.08. The Labute approximate surface area is 74.6 Å². The van der Waals surface area contributed by atoms with E-state index in [0.717, 1.165) is 13.0 Å². The van der Waals surface area contributed by atoms with Gasteiger partial charge in [0.25, 0.3) is 0 Å². The lowest BCUT2D eigenvalue weighted by atomic mass is 10.4. The molecule has 0 rings (SSSR count).